The molecule has 6 atom stereocenters. The van der Waals surface area contributed by atoms with Crippen LogP contribution in [0.2, 0.25) is 0 Å². The Labute approximate surface area is 216 Å². The number of anilines is 1. The lowest BCUT2D eigenvalue weighted by Crippen LogP contribution is -2.52. The van der Waals surface area contributed by atoms with Crippen molar-refractivity contribution >= 4 is 21.8 Å². The van der Waals surface area contributed by atoms with Crippen LogP contribution in [0.3, 0.4) is 0 Å². The topological polar surface area (TPSA) is 140 Å². The summed E-state index contributed by atoms with van der Waals surface area (Å²) in [5, 5.41) is 14.0. The highest BCUT2D eigenvalue weighted by molar-refractivity contribution is 7.89. The number of carbonyl (C=O) groups excluding carboxylic acids is 1. The van der Waals surface area contributed by atoms with E-state index in [0.29, 0.717) is 24.3 Å². The number of alkyl carbamates (subject to hydrolysis) is 1. The molecule has 0 spiro atoms. The Hall–Kier alpha value is -2.70. The van der Waals surface area contributed by atoms with Crippen molar-refractivity contribution in [2.24, 2.45) is 5.92 Å². The van der Waals surface area contributed by atoms with Gasteiger partial charge in [-0.1, -0.05) is 37.3 Å². The van der Waals surface area contributed by atoms with E-state index in [9.17, 15) is 18.3 Å². The van der Waals surface area contributed by atoms with Crippen LogP contribution in [-0.2, 0) is 30.7 Å². The summed E-state index contributed by atoms with van der Waals surface area (Å²) in [7, 11) is -3.85. The summed E-state index contributed by atoms with van der Waals surface area (Å²) in [4.78, 5) is 13.1. The van der Waals surface area contributed by atoms with Gasteiger partial charge in [-0.25, -0.2) is 13.2 Å². The van der Waals surface area contributed by atoms with E-state index < -0.39 is 34.4 Å². The summed E-state index contributed by atoms with van der Waals surface area (Å²) in [6.45, 7) is 2.75. The first-order chi connectivity index (χ1) is 17.7. The predicted octanol–water partition coefficient (Wildman–Crippen LogP) is 1.84. The van der Waals surface area contributed by atoms with Crippen LogP contribution in [0.4, 0.5) is 10.5 Å². The molecule has 3 aliphatic heterocycles. The van der Waals surface area contributed by atoms with Crippen LogP contribution in [0.15, 0.2) is 53.4 Å². The van der Waals surface area contributed by atoms with Gasteiger partial charge < -0.3 is 30.4 Å². The minimum Gasteiger partial charge on any atom is -0.443 e. The number of ether oxygens (including phenoxy) is 3. The fourth-order valence-electron chi connectivity index (χ4n) is 5.36. The Bertz CT molecular complexity index is 1230. The molecule has 0 bridgehead atoms. The van der Waals surface area contributed by atoms with E-state index in [2.05, 4.69) is 5.32 Å². The minimum atomic E-state index is -3.85. The summed E-state index contributed by atoms with van der Waals surface area (Å²) in [6, 6.07) is 13.4. The van der Waals surface area contributed by atoms with E-state index in [1.54, 1.807) is 12.1 Å². The molecule has 3 aliphatic rings. The molecule has 10 nitrogen and oxygen atoms in total. The number of nitrogen functional groups attached to an aromatic ring is 1. The Morgan fingerprint density at radius 2 is 2.03 bits per heavy atom. The SMILES string of the molecule is CC1CN(CC(O)C(Cc2ccccc2)NC(=O)OC2COC3OCCC23)S(=O)(=O)c2ccc(N)cc21. The molecule has 0 radical (unpaired) electrons. The highest BCUT2D eigenvalue weighted by Crippen LogP contribution is 2.35. The van der Waals surface area contributed by atoms with E-state index >= 15 is 0 Å². The highest BCUT2D eigenvalue weighted by Gasteiger charge is 2.44. The van der Waals surface area contributed by atoms with E-state index in [1.165, 1.54) is 10.4 Å². The van der Waals surface area contributed by atoms with Crippen molar-refractivity contribution in [3.8, 4) is 0 Å². The Morgan fingerprint density at radius 1 is 1.24 bits per heavy atom. The zero-order valence-electron chi connectivity index (χ0n) is 20.7. The van der Waals surface area contributed by atoms with E-state index in [1.807, 2.05) is 37.3 Å². The maximum absolute atomic E-state index is 13.4. The van der Waals surface area contributed by atoms with Crippen LogP contribution in [0.25, 0.3) is 0 Å². The number of amides is 1. The van der Waals surface area contributed by atoms with Crippen LogP contribution in [-0.4, -0.2) is 74.8 Å². The number of aliphatic hydroxyl groups excluding tert-OH is 1. The summed E-state index contributed by atoms with van der Waals surface area (Å²) >= 11 is 0. The van der Waals surface area contributed by atoms with Crippen LogP contribution in [0, 0.1) is 5.92 Å². The molecule has 3 heterocycles. The normalized spacial score (nSPS) is 28.2. The fourth-order valence-corrected chi connectivity index (χ4v) is 7.20. The number of β-amino-alcohol motifs (C(OH)–C–C–N with tert-alkyl or cyclic N) is 1. The Morgan fingerprint density at radius 3 is 2.81 bits per heavy atom. The van der Waals surface area contributed by atoms with Crippen LogP contribution in [0.1, 0.15) is 30.4 Å². The van der Waals surface area contributed by atoms with Gasteiger partial charge in [0.05, 0.1) is 36.2 Å². The summed E-state index contributed by atoms with van der Waals surface area (Å²) in [6.07, 6.45) is -1.62. The number of aliphatic hydroxyl groups is 1. The summed E-state index contributed by atoms with van der Waals surface area (Å²) < 4.78 is 44.7. The smallest absolute Gasteiger partial charge is 0.407 e. The van der Waals surface area contributed by atoms with Crippen LogP contribution < -0.4 is 11.1 Å². The monoisotopic (exact) mass is 531 g/mol. The lowest BCUT2D eigenvalue weighted by Gasteiger charge is -2.35. The third-order valence-corrected chi connectivity index (χ3v) is 9.27. The number of fused-ring (bicyclic) bond motifs is 2. The van der Waals surface area contributed by atoms with Gasteiger partial charge in [-0.15, -0.1) is 0 Å². The second-order valence-corrected chi connectivity index (χ2v) is 11.9. The number of carbonyl (C=O) groups is 1. The Kier molecular flexibility index (Phi) is 7.42. The van der Waals surface area contributed by atoms with E-state index in [0.717, 1.165) is 12.0 Å². The molecule has 11 heteroatoms. The van der Waals surface area contributed by atoms with Crippen LogP contribution in [0.5, 0.6) is 0 Å². The lowest BCUT2D eigenvalue weighted by molar-refractivity contribution is -0.0907. The molecular weight excluding hydrogens is 498 g/mol. The zero-order valence-corrected chi connectivity index (χ0v) is 21.5. The first-order valence-corrected chi connectivity index (χ1v) is 14.0. The average molecular weight is 532 g/mol. The van der Waals surface area contributed by atoms with Crippen molar-refractivity contribution in [1.82, 2.24) is 9.62 Å². The van der Waals surface area contributed by atoms with Crippen molar-refractivity contribution in [1.29, 1.82) is 0 Å². The lowest BCUT2D eigenvalue weighted by atomic mass is 9.99. The second-order valence-electron chi connectivity index (χ2n) is 10.00. The molecule has 0 aromatic heterocycles. The molecule has 37 heavy (non-hydrogen) atoms. The van der Waals surface area contributed by atoms with Gasteiger partial charge in [-0.3, -0.25) is 0 Å². The molecule has 1 amide bonds. The Balaban J connectivity index is 1.31. The number of nitrogens with one attached hydrogen (secondary N) is 1. The predicted molar refractivity (Wildman–Crippen MR) is 135 cm³/mol. The number of sulfonamides is 1. The van der Waals surface area contributed by atoms with Crippen LogP contribution >= 0.6 is 0 Å². The maximum Gasteiger partial charge on any atom is 0.407 e. The van der Waals surface area contributed by atoms with Gasteiger partial charge in [-0.2, -0.15) is 4.31 Å². The number of benzene rings is 2. The molecule has 4 N–H and O–H groups in total. The zero-order chi connectivity index (χ0) is 26.2. The number of hydrogen-bond acceptors (Lipinski definition) is 8. The van der Waals surface area contributed by atoms with Crippen molar-refractivity contribution in [3.63, 3.8) is 0 Å². The van der Waals surface area contributed by atoms with Gasteiger partial charge in [-0.05, 0) is 48.1 Å². The van der Waals surface area contributed by atoms with E-state index in [-0.39, 0.29) is 42.7 Å². The molecule has 2 fully saturated rings. The summed E-state index contributed by atoms with van der Waals surface area (Å²) in [5.41, 5.74) is 7.93. The van der Waals surface area contributed by atoms with Gasteiger partial charge in [0.1, 0.15) is 6.10 Å². The largest absolute Gasteiger partial charge is 0.443 e. The number of hydrogen-bond donors (Lipinski definition) is 3. The quantitative estimate of drug-likeness (QED) is 0.460. The molecule has 0 saturated carbocycles. The molecule has 2 aromatic carbocycles. The van der Waals surface area contributed by atoms with Gasteiger partial charge >= 0.3 is 6.09 Å². The number of rotatable bonds is 7. The fraction of sp³-hybridized carbons (Fsp3) is 0.500. The van der Waals surface area contributed by atoms with Gasteiger partial charge in [0.2, 0.25) is 10.0 Å². The van der Waals surface area contributed by atoms with Crippen molar-refractivity contribution < 1.29 is 32.5 Å². The molecule has 2 saturated heterocycles. The van der Waals surface area contributed by atoms with Gasteiger partial charge in [0, 0.05) is 18.8 Å². The first-order valence-electron chi connectivity index (χ1n) is 12.5. The molecule has 200 valence electrons. The van der Waals surface area contributed by atoms with Gasteiger partial charge in [0.15, 0.2) is 6.29 Å². The molecule has 5 rings (SSSR count). The minimum absolute atomic E-state index is 0.0164. The van der Waals surface area contributed by atoms with Crippen molar-refractivity contribution in [2.75, 3.05) is 32.0 Å². The van der Waals surface area contributed by atoms with Crippen molar-refractivity contribution in [2.45, 2.75) is 55.1 Å². The standard InChI is InChI=1S/C26H33N3O7S/c1-16-13-29(37(32,33)24-8-7-18(27)12-20(16)24)14-22(30)21(11-17-5-3-2-4-6-17)28-26(31)36-23-15-35-25-19(23)9-10-34-25/h2-8,12,16,19,21-23,25,30H,9-11,13-15,27H2,1H3,(H,28,31). The van der Waals surface area contributed by atoms with E-state index in [4.69, 9.17) is 19.9 Å². The highest BCUT2D eigenvalue weighted by atomic mass is 32.2. The summed E-state index contributed by atoms with van der Waals surface area (Å²) in [5.74, 6) is -0.124. The number of nitrogens with two attached hydrogens (primary N) is 1. The third kappa shape index (κ3) is 5.46. The second kappa shape index (κ2) is 10.6. The molecule has 2 aromatic rings. The molecule has 0 aliphatic carbocycles. The third-order valence-electron chi connectivity index (χ3n) is 7.36. The molecule has 6 unspecified atom stereocenters. The van der Waals surface area contributed by atoms with Crippen molar-refractivity contribution in [3.05, 3.63) is 59.7 Å². The molecular formula is C26H33N3O7S. The average Bonchev–Trinajstić information content (AvgIpc) is 3.48. The number of nitrogens with zero attached hydrogens (tertiary/aromatic N) is 1. The first kappa shape index (κ1) is 25.9. The van der Waals surface area contributed by atoms with Gasteiger partial charge in [0.25, 0.3) is 0 Å². The maximum atomic E-state index is 13.4.